The van der Waals surface area contributed by atoms with E-state index in [-0.39, 0.29) is 0 Å². The van der Waals surface area contributed by atoms with E-state index in [2.05, 4.69) is 12.2 Å². The van der Waals surface area contributed by atoms with Crippen LogP contribution in [0.2, 0.25) is 0 Å². The highest BCUT2D eigenvalue weighted by atomic mass is 16.2. The normalized spacial score (nSPS) is 29.8. The van der Waals surface area contributed by atoms with Gasteiger partial charge in [0.15, 0.2) is 0 Å². The summed E-state index contributed by atoms with van der Waals surface area (Å²) in [6.07, 6.45) is 8.28. The van der Waals surface area contributed by atoms with Crippen molar-refractivity contribution in [2.75, 3.05) is 13.6 Å². The van der Waals surface area contributed by atoms with E-state index >= 15 is 0 Å². The molecule has 0 aromatic heterocycles. The van der Waals surface area contributed by atoms with Crippen LogP contribution in [0.3, 0.4) is 0 Å². The highest BCUT2D eigenvalue weighted by Gasteiger charge is 2.32. The molecule has 17 heavy (non-hydrogen) atoms. The summed E-state index contributed by atoms with van der Waals surface area (Å²) in [4.78, 5) is 14.2. The average Bonchev–Trinajstić information content (AvgIpc) is 2.27. The fourth-order valence-corrected chi connectivity index (χ4v) is 3.08. The van der Waals surface area contributed by atoms with Crippen molar-refractivity contribution >= 4 is 5.91 Å². The molecule has 3 heteroatoms. The summed E-state index contributed by atoms with van der Waals surface area (Å²) >= 11 is 0. The summed E-state index contributed by atoms with van der Waals surface area (Å²) in [6.45, 7) is 3.23. The molecule has 0 aromatic carbocycles. The SMILES string of the molecule is CCNC1CCC(N(C)C(=O)C2CCC2)CC1. The Labute approximate surface area is 105 Å². The van der Waals surface area contributed by atoms with Gasteiger partial charge in [-0.25, -0.2) is 0 Å². The van der Waals surface area contributed by atoms with Gasteiger partial charge in [0, 0.05) is 25.0 Å². The van der Waals surface area contributed by atoms with Gasteiger partial charge in [-0.3, -0.25) is 4.79 Å². The molecule has 2 aliphatic rings. The third-order valence-electron chi connectivity index (χ3n) is 4.54. The highest BCUT2D eigenvalue weighted by Crippen LogP contribution is 2.30. The number of amides is 1. The van der Waals surface area contributed by atoms with Gasteiger partial charge in [0.2, 0.25) is 5.91 Å². The molecule has 0 bridgehead atoms. The molecule has 0 radical (unpaired) electrons. The summed E-state index contributed by atoms with van der Waals surface area (Å²) in [5, 5.41) is 3.51. The maximum absolute atomic E-state index is 12.1. The van der Waals surface area contributed by atoms with Crippen LogP contribution in [0.25, 0.3) is 0 Å². The van der Waals surface area contributed by atoms with E-state index in [1.165, 1.54) is 32.1 Å². The maximum atomic E-state index is 12.1. The van der Waals surface area contributed by atoms with Crippen molar-refractivity contribution in [1.29, 1.82) is 0 Å². The number of hydrogen-bond acceptors (Lipinski definition) is 2. The number of nitrogens with zero attached hydrogens (tertiary/aromatic N) is 1. The van der Waals surface area contributed by atoms with Crippen LogP contribution in [-0.2, 0) is 4.79 Å². The second-order valence-corrected chi connectivity index (χ2v) is 5.64. The lowest BCUT2D eigenvalue weighted by Crippen LogP contribution is -2.46. The van der Waals surface area contributed by atoms with E-state index in [1.54, 1.807) is 0 Å². The van der Waals surface area contributed by atoms with Gasteiger partial charge in [-0.05, 0) is 45.1 Å². The second kappa shape index (κ2) is 5.85. The molecule has 1 N–H and O–H groups in total. The van der Waals surface area contributed by atoms with Crippen molar-refractivity contribution in [3.63, 3.8) is 0 Å². The highest BCUT2D eigenvalue weighted by molar-refractivity contribution is 5.79. The Balaban J connectivity index is 1.77. The molecule has 3 nitrogen and oxygen atoms in total. The Hall–Kier alpha value is -0.570. The first-order valence-corrected chi connectivity index (χ1v) is 7.22. The topological polar surface area (TPSA) is 32.3 Å². The number of carbonyl (C=O) groups is 1. The Morgan fingerprint density at radius 1 is 1.18 bits per heavy atom. The van der Waals surface area contributed by atoms with Crippen molar-refractivity contribution in [2.45, 2.75) is 64.0 Å². The Morgan fingerprint density at radius 3 is 2.29 bits per heavy atom. The molecule has 98 valence electrons. The molecule has 0 aromatic rings. The largest absolute Gasteiger partial charge is 0.343 e. The minimum Gasteiger partial charge on any atom is -0.343 e. The number of hydrogen-bond donors (Lipinski definition) is 1. The predicted octanol–water partition coefficient (Wildman–Crippen LogP) is 2.17. The fraction of sp³-hybridized carbons (Fsp3) is 0.929. The van der Waals surface area contributed by atoms with Crippen LogP contribution in [0.15, 0.2) is 0 Å². The summed E-state index contributed by atoms with van der Waals surface area (Å²) in [5.74, 6) is 0.759. The van der Waals surface area contributed by atoms with Gasteiger partial charge in [0.1, 0.15) is 0 Å². The molecular weight excluding hydrogens is 212 g/mol. The first kappa shape index (κ1) is 12.9. The van der Waals surface area contributed by atoms with Crippen LogP contribution >= 0.6 is 0 Å². The van der Waals surface area contributed by atoms with Crippen LogP contribution < -0.4 is 5.32 Å². The van der Waals surface area contributed by atoms with Gasteiger partial charge in [-0.1, -0.05) is 13.3 Å². The van der Waals surface area contributed by atoms with Gasteiger partial charge in [-0.2, -0.15) is 0 Å². The van der Waals surface area contributed by atoms with Gasteiger partial charge < -0.3 is 10.2 Å². The molecule has 2 saturated carbocycles. The van der Waals surface area contributed by atoms with Gasteiger partial charge in [-0.15, -0.1) is 0 Å². The molecule has 0 saturated heterocycles. The molecule has 0 atom stereocenters. The van der Waals surface area contributed by atoms with E-state index in [0.29, 0.717) is 23.9 Å². The zero-order valence-corrected chi connectivity index (χ0v) is 11.2. The molecule has 2 aliphatic carbocycles. The van der Waals surface area contributed by atoms with Gasteiger partial charge >= 0.3 is 0 Å². The maximum Gasteiger partial charge on any atom is 0.225 e. The summed E-state index contributed by atoms with van der Waals surface area (Å²) < 4.78 is 0. The second-order valence-electron chi connectivity index (χ2n) is 5.64. The quantitative estimate of drug-likeness (QED) is 0.814. The van der Waals surface area contributed by atoms with Crippen LogP contribution in [0.5, 0.6) is 0 Å². The smallest absolute Gasteiger partial charge is 0.225 e. The summed E-state index contributed by atoms with van der Waals surface area (Å²) in [7, 11) is 2.01. The van der Waals surface area contributed by atoms with Crippen LogP contribution in [0, 0.1) is 5.92 Å². The first-order valence-electron chi connectivity index (χ1n) is 7.22. The van der Waals surface area contributed by atoms with Crippen LogP contribution in [-0.4, -0.2) is 36.5 Å². The number of carbonyl (C=O) groups excluding carboxylic acids is 1. The van der Waals surface area contributed by atoms with E-state index < -0.39 is 0 Å². The van der Waals surface area contributed by atoms with E-state index in [0.717, 1.165) is 19.4 Å². The van der Waals surface area contributed by atoms with Gasteiger partial charge in [0.25, 0.3) is 0 Å². The average molecular weight is 238 g/mol. The molecule has 2 rings (SSSR count). The molecule has 2 fully saturated rings. The van der Waals surface area contributed by atoms with Gasteiger partial charge in [0.05, 0.1) is 0 Å². The molecule has 0 heterocycles. The Morgan fingerprint density at radius 2 is 1.82 bits per heavy atom. The lowest BCUT2D eigenvalue weighted by atomic mass is 9.83. The van der Waals surface area contributed by atoms with Crippen molar-refractivity contribution in [3.8, 4) is 0 Å². The number of nitrogens with one attached hydrogen (secondary N) is 1. The third-order valence-corrected chi connectivity index (χ3v) is 4.54. The van der Waals surface area contributed by atoms with E-state index in [1.807, 2.05) is 11.9 Å². The zero-order valence-electron chi connectivity index (χ0n) is 11.2. The molecule has 0 spiro atoms. The van der Waals surface area contributed by atoms with Crippen molar-refractivity contribution < 1.29 is 4.79 Å². The summed E-state index contributed by atoms with van der Waals surface area (Å²) in [5.41, 5.74) is 0. The molecule has 0 unspecified atom stereocenters. The molecular formula is C14H26N2O. The van der Waals surface area contributed by atoms with Crippen LogP contribution in [0.1, 0.15) is 51.9 Å². The number of rotatable bonds is 4. The monoisotopic (exact) mass is 238 g/mol. The van der Waals surface area contributed by atoms with Crippen molar-refractivity contribution in [1.82, 2.24) is 10.2 Å². The third kappa shape index (κ3) is 3.01. The fourth-order valence-electron chi connectivity index (χ4n) is 3.08. The molecule has 1 amide bonds. The van der Waals surface area contributed by atoms with E-state index in [9.17, 15) is 4.79 Å². The van der Waals surface area contributed by atoms with Crippen LogP contribution in [0.4, 0.5) is 0 Å². The van der Waals surface area contributed by atoms with E-state index in [4.69, 9.17) is 0 Å². The minimum atomic E-state index is 0.353. The zero-order chi connectivity index (χ0) is 12.3. The predicted molar refractivity (Wildman–Crippen MR) is 69.8 cm³/mol. The van der Waals surface area contributed by atoms with Crippen molar-refractivity contribution in [2.24, 2.45) is 5.92 Å². The lowest BCUT2D eigenvalue weighted by molar-refractivity contribution is -0.139. The standard InChI is InChI=1S/C14H26N2O/c1-3-15-12-7-9-13(10-8-12)16(2)14(17)11-5-4-6-11/h11-13,15H,3-10H2,1-2H3. The molecule has 0 aliphatic heterocycles. The first-order chi connectivity index (χ1) is 8.22. The Bertz CT molecular complexity index is 255. The summed E-state index contributed by atoms with van der Waals surface area (Å²) in [6, 6.07) is 1.18. The minimum absolute atomic E-state index is 0.353. The lowest BCUT2D eigenvalue weighted by Gasteiger charge is -2.38. The van der Waals surface area contributed by atoms with Crippen molar-refractivity contribution in [3.05, 3.63) is 0 Å². The Kier molecular flexibility index (Phi) is 4.43.